The Bertz CT molecular complexity index is 781. The van der Waals surface area contributed by atoms with E-state index < -0.39 is 6.03 Å². The molecule has 1 saturated carbocycles. The van der Waals surface area contributed by atoms with E-state index in [4.69, 9.17) is 10.5 Å². The number of hydrogen-bond donors (Lipinski definition) is 2. The maximum Gasteiger partial charge on any atom is 0.338 e. The first-order valence-corrected chi connectivity index (χ1v) is 8.88. The van der Waals surface area contributed by atoms with E-state index in [2.05, 4.69) is 32.9 Å². The van der Waals surface area contributed by atoms with E-state index in [1.807, 2.05) is 36.4 Å². The standard InChI is InChI=1S/C21H26N2O3/c1-21(2,3)16-7-9-17(10-8-16)26-18-6-4-5-14(11-18)19-12-15(19)13-23(25)20(22)24/h4-11,15,19,25H,12-13H2,1-3H3,(H2,22,24). The molecule has 138 valence electrons. The molecule has 3 N–H and O–H groups in total. The van der Waals surface area contributed by atoms with Crippen LogP contribution in [0.4, 0.5) is 4.79 Å². The fraction of sp³-hybridized carbons (Fsp3) is 0.381. The summed E-state index contributed by atoms with van der Waals surface area (Å²) in [6.07, 6.45) is 0.925. The highest BCUT2D eigenvalue weighted by atomic mass is 16.5. The van der Waals surface area contributed by atoms with Gasteiger partial charge < -0.3 is 10.5 Å². The molecule has 0 spiro atoms. The summed E-state index contributed by atoms with van der Waals surface area (Å²) in [4.78, 5) is 10.9. The molecule has 0 bridgehead atoms. The van der Waals surface area contributed by atoms with Crippen LogP contribution in [0.3, 0.4) is 0 Å². The molecule has 0 aliphatic heterocycles. The van der Waals surface area contributed by atoms with E-state index in [1.54, 1.807) is 0 Å². The lowest BCUT2D eigenvalue weighted by Gasteiger charge is -2.19. The number of rotatable bonds is 5. The summed E-state index contributed by atoms with van der Waals surface area (Å²) >= 11 is 0. The topological polar surface area (TPSA) is 75.8 Å². The van der Waals surface area contributed by atoms with Crippen molar-refractivity contribution in [2.75, 3.05) is 6.54 Å². The third kappa shape index (κ3) is 4.35. The third-order valence-electron chi connectivity index (χ3n) is 4.83. The second kappa shape index (κ2) is 7.00. The molecule has 0 heterocycles. The van der Waals surface area contributed by atoms with Crippen LogP contribution < -0.4 is 10.5 Å². The number of urea groups is 1. The summed E-state index contributed by atoms with van der Waals surface area (Å²) in [5.41, 5.74) is 7.59. The van der Waals surface area contributed by atoms with Gasteiger partial charge in [0.1, 0.15) is 11.5 Å². The van der Waals surface area contributed by atoms with Crippen LogP contribution in [0.15, 0.2) is 48.5 Å². The van der Waals surface area contributed by atoms with E-state index in [-0.39, 0.29) is 17.9 Å². The van der Waals surface area contributed by atoms with Crippen LogP contribution in [-0.2, 0) is 5.41 Å². The third-order valence-corrected chi connectivity index (χ3v) is 4.83. The van der Waals surface area contributed by atoms with Crippen LogP contribution >= 0.6 is 0 Å². The Labute approximate surface area is 154 Å². The molecule has 2 aromatic rings. The van der Waals surface area contributed by atoms with E-state index in [0.717, 1.165) is 23.5 Å². The second-order valence-electron chi connectivity index (χ2n) is 7.97. The molecule has 2 unspecified atom stereocenters. The summed E-state index contributed by atoms with van der Waals surface area (Å²) in [5, 5.41) is 10.0. The number of benzene rings is 2. The van der Waals surface area contributed by atoms with Gasteiger partial charge in [0.25, 0.3) is 0 Å². The van der Waals surface area contributed by atoms with Crippen molar-refractivity contribution in [3.63, 3.8) is 0 Å². The Kier molecular flexibility index (Phi) is 4.92. The van der Waals surface area contributed by atoms with Crippen molar-refractivity contribution in [1.29, 1.82) is 0 Å². The summed E-state index contributed by atoms with van der Waals surface area (Å²) in [6, 6.07) is 15.3. The molecule has 1 aliphatic carbocycles. The van der Waals surface area contributed by atoms with Crippen LogP contribution in [0.2, 0.25) is 0 Å². The first-order valence-electron chi connectivity index (χ1n) is 8.88. The number of nitrogens with two attached hydrogens (primary N) is 1. The molecule has 3 rings (SSSR count). The Morgan fingerprint density at radius 3 is 2.50 bits per heavy atom. The molecule has 1 fully saturated rings. The average Bonchev–Trinajstić information content (AvgIpc) is 3.34. The SMILES string of the molecule is CC(C)(C)c1ccc(Oc2cccc(C3CC3CN(O)C(N)=O)c2)cc1. The van der Waals surface area contributed by atoms with E-state index in [1.165, 1.54) is 5.56 Å². The number of carbonyl (C=O) groups is 1. The number of hydroxylamine groups is 2. The Morgan fingerprint density at radius 2 is 1.88 bits per heavy atom. The van der Waals surface area contributed by atoms with Gasteiger partial charge in [-0.25, -0.2) is 9.86 Å². The molecular formula is C21H26N2O3. The molecule has 5 nitrogen and oxygen atoms in total. The van der Waals surface area contributed by atoms with Gasteiger partial charge in [0.2, 0.25) is 0 Å². The molecule has 0 radical (unpaired) electrons. The van der Waals surface area contributed by atoms with Crippen molar-refractivity contribution in [2.45, 2.75) is 38.5 Å². The molecule has 2 amide bonds. The van der Waals surface area contributed by atoms with Gasteiger partial charge in [0.15, 0.2) is 0 Å². The fourth-order valence-electron chi connectivity index (χ4n) is 3.14. The highest BCUT2D eigenvalue weighted by Gasteiger charge is 2.40. The Morgan fingerprint density at radius 1 is 1.19 bits per heavy atom. The van der Waals surface area contributed by atoms with Crippen molar-refractivity contribution in [1.82, 2.24) is 5.06 Å². The van der Waals surface area contributed by atoms with Crippen molar-refractivity contribution in [3.8, 4) is 11.5 Å². The summed E-state index contributed by atoms with van der Waals surface area (Å²) < 4.78 is 5.99. The minimum Gasteiger partial charge on any atom is -0.457 e. The second-order valence-corrected chi connectivity index (χ2v) is 7.97. The predicted molar refractivity (Wildman–Crippen MR) is 101 cm³/mol. The molecule has 2 atom stereocenters. The summed E-state index contributed by atoms with van der Waals surface area (Å²) in [6.45, 7) is 6.82. The normalized spacial score (nSPS) is 19.1. The Hall–Kier alpha value is -2.53. The smallest absolute Gasteiger partial charge is 0.338 e. The van der Waals surface area contributed by atoms with Crippen LogP contribution in [0, 0.1) is 5.92 Å². The predicted octanol–water partition coefficient (Wildman–Crippen LogP) is 4.65. The molecule has 0 saturated heterocycles. The van der Waals surface area contributed by atoms with Gasteiger partial charge >= 0.3 is 6.03 Å². The maximum absolute atomic E-state index is 10.9. The van der Waals surface area contributed by atoms with Crippen molar-refractivity contribution in [3.05, 3.63) is 59.7 Å². The minimum absolute atomic E-state index is 0.116. The fourth-order valence-corrected chi connectivity index (χ4v) is 3.14. The quantitative estimate of drug-likeness (QED) is 0.606. The largest absolute Gasteiger partial charge is 0.457 e. The molecule has 1 aliphatic rings. The first-order chi connectivity index (χ1) is 12.2. The summed E-state index contributed by atoms with van der Waals surface area (Å²) in [5.74, 6) is 2.13. The van der Waals surface area contributed by atoms with Gasteiger partial charge in [-0.05, 0) is 59.1 Å². The highest BCUT2D eigenvalue weighted by Crippen LogP contribution is 2.48. The minimum atomic E-state index is -0.813. The van der Waals surface area contributed by atoms with Crippen LogP contribution in [0.5, 0.6) is 11.5 Å². The zero-order chi connectivity index (χ0) is 18.9. The van der Waals surface area contributed by atoms with Gasteiger partial charge in [0, 0.05) is 0 Å². The zero-order valence-electron chi connectivity index (χ0n) is 15.5. The maximum atomic E-state index is 10.9. The lowest BCUT2D eigenvalue weighted by Crippen LogP contribution is -2.34. The van der Waals surface area contributed by atoms with Gasteiger partial charge in [-0.15, -0.1) is 0 Å². The van der Waals surface area contributed by atoms with E-state index in [0.29, 0.717) is 11.0 Å². The summed E-state index contributed by atoms with van der Waals surface area (Å²) in [7, 11) is 0. The number of nitrogens with zero attached hydrogens (tertiary/aromatic N) is 1. The van der Waals surface area contributed by atoms with Crippen LogP contribution in [-0.4, -0.2) is 22.8 Å². The number of hydrogen-bond acceptors (Lipinski definition) is 3. The molecule has 26 heavy (non-hydrogen) atoms. The number of amides is 2. The molecule has 5 heteroatoms. The van der Waals surface area contributed by atoms with E-state index >= 15 is 0 Å². The zero-order valence-corrected chi connectivity index (χ0v) is 15.5. The molecule has 2 aromatic carbocycles. The van der Waals surface area contributed by atoms with Gasteiger partial charge in [-0.1, -0.05) is 45.0 Å². The van der Waals surface area contributed by atoms with Crippen molar-refractivity contribution >= 4 is 6.03 Å². The lowest BCUT2D eigenvalue weighted by molar-refractivity contribution is -0.0431. The first kappa shape index (κ1) is 18.3. The van der Waals surface area contributed by atoms with Crippen LogP contribution in [0.25, 0.3) is 0 Å². The van der Waals surface area contributed by atoms with Crippen molar-refractivity contribution in [2.24, 2.45) is 11.7 Å². The number of carbonyl (C=O) groups excluding carboxylic acids is 1. The van der Waals surface area contributed by atoms with Gasteiger partial charge in [0.05, 0.1) is 6.54 Å². The number of ether oxygens (including phenoxy) is 1. The monoisotopic (exact) mass is 354 g/mol. The lowest BCUT2D eigenvalue weighted by atomic mass is 9.87. The van der Waals surface area contributed by atoms with E-state index in [9.17, 15) is 10.0 Å². The highest BCUT2D eigenvalue weighted by molar-refractivity contribution is 5.70. The Balaban J connectivity index is 1.64. The van der Waals surface area contributed by atoms with Gasteiger partial charge in [-0.2, -0.15) is 0 Å². The number of primary amides is 1. The average molecular weight is 354 g/mol. The molecular weight excluding hydrogens is 328 g/mol. The molecule has 0 aromatic heterocycles. The van der Waals surface area contributed by atoms with Crippen molar-refractivity contribution < 1.29 is 14.7 Å². The van der Waals surface area contributed by atoms with Crippen LogP contribution in [0.1, 0.15) is 44.2 Å². The van der Waals surface area contributed by atoms with Gasteiger partial charge in [-0.3, -0.25) is 5.21 Å².